The summed E-state index contributed by atoms with van der Waals surface area (Å²) in [7, 11) is 0. The Hall–Kier alpha value is -1.34. The summed E-state index contributed by atoms with van der Waals surface area (Å²) in [5, 5.41) is 2.75. The van der Waals surface area contributed by atoms with Gasteiger partial charge in [-0.1, -0.05) is 42.5 Å². The molecule has 0 radical (unpaired) electrons. The highest BCUT2D eigenvalue weighted by molar-refractivity contribution is 5.86. The van der Waals surface area contributed by atoms with Crippen LogP contribution in [-0.2, 0) is 0 Å². The maximum atomic E-state index is 5.71. The predicted octanol–water partition coefficient (Wildman–Crippen LogP) is 2.90. The van der Waals surface area contributed by atoms with E-state index in [1.165, 1.54) is 22.8 Å². The molecule has 0 saturated heterocycles. The van der Waals surface area contributed by atoms with E-state index in [4.69, 9.17) is 5.73 Å². The van der Waals surface area contributed by atoms with Crippen LogP contribution < -0.4 is 5.73 Å². The second-order valence-electron chi connectivity index (χ2n) is 4.41. The van der Waals surface area contributed by atoms with E-state index in [0.29, 0.717) is 5.92 Å². The summed E-state index contributed by atoms with van der Waals surface area (Å²) in [6.45, 7) is 0.827. The Kier molecular flexibility index (Phi) is 2.00. The third kappa shape index (κ3) is 1.44. The van der Waals surface area contributed by atoms with E-state index in [1.54, 1.807) is 0 Å². The lowest BCUT2D eigenvalue weighted by atomic mass is 10.0. The van der Waals surface area contributed by atoms with Crippen molar-refractivity contribution in [3.8, 4) is 0 Å². The van der Waals surface area contributed by atoms with Crippen LogP contribution in [0.3, 0.4) is 0 Å². The van der Waals surface area contributed by atoms with Gasteiger partial charge in [-0.2, -0.15) is 0 Å². The number of hydrogen-bond acceptors (Lipinski definition) is 1. The summed E-state index contributed by atoms with van der Waals surface area (Å²) >= 11 is 0. The molecule has 0 spiro atoms. The Morgan fingerprint density at radius 2 is 1.87 bits per heavy atom. The molecular weight excluding hydrogens is 182 g/mol. The van der Waals surface area contributed by atoms with Crippen molar-refractivity contribution in [1.82, 2.24) is 0 Å². The molecule has 0 bridgehead atoms. The van der Waals surface area contributed by atoms with Crippen molar-refractivity contribution in [1.29, 1.82) is 0 Å². The summed E-state index contributed by atoms with van der Waals surface area (Å²) in [6, 6.07) is 15.2. The van der Waals surface area contributed by atoms with Gasteiger partial charge >= 0.3 is 0 Å². The van der Waals surface area contributed by atoms with Gasteiger partial charge in [0.25, 0.3) is 0 Å². The lowest BCUT2D eigenvalue weighted by Gasteiger charge is -2.05. The van der Waals surface area contributed by atoms with E-state index in [9.17, 15) is 0 Å². The smallest absolute Gasteiger partial charge is 0.00428 e. The van der Waals surface area contributed by atoms with Crippen LogP contribution >= 0.6 is 0 Å². The lowest BCUT2D eigenvalue weighted by molar-refractivity contribution is 0.812. The first kappa shape index (κ1) is 8.93. The fourth-order valence-electron chi connectivity index (χ4n) is 2.46. The average molecular weight is 197 g/mol. The van der Waals surface area contributed by atoms with Gasteiger partial charge in [-0.05, 0) is 41.1 Å². The third-order valence-electron chi connectivity index (χ3n) is 3.45. The second kappa shape index (κ2) is 3.35. The van der Waals surface area contributed by atoms with E-state index >= 15 is 0 Å². The fourth-order valence-corrected chi connectivity index (χ4v) is 2.46. The molecule has 0 aliphatic heterocycles. The van der Waals surface area contributed by atoms with Gasteiger partial charge in [0.05, 0.1) is 0 Å². The van der Waals surface area contributed by atoms with Crippen molar-refractivity contribution < 1.29 is 0 Å². The van der Waals surface area contributed by atoms with E-state index in [1.807, 2.05) is 0 Å². The maximum absolute atomic E-state index is 5.71. The van der Waals surface area contributed by atoms with Crippen LogP contribution in [0.15, 0.2) is 42.5 Å². The van der Waals surface area contributed by atoms with Crippen LogP contribution in [-0.4, -0.2) is 6.54 Å². The zero-order valence-electron chi connectivity index (χ0n) is 8.69. The van der Waals surface area contributed by atoms with E-state index < -0.39 is 0 Å². The lowest BCUT2D eigenvalue weighted by Crippen LogP contribution is -2.02. The van der Waals surface area contributed by atoms with Gasteiger partial charge in [0.2, 0.25) is 0 Å². The first-order chi connectivity index (χ1) is 7.40. The second-order valence-corrected chi connectivity index (χ2v) is 4.41. The fraction of sp³-hybridized carbons (Fsp3) is 0.286. The van der Waals surface area contributed by atoms with Crippen molar-refractivity contribution in [2.45, 2.75) is 12.3 Å². The standard InChI is InChI=1S/C14H15N/c15-9-11-8-14(11)13-7-3-5-10-4-1-2-6-12(10)13/h1-7,11,14H,8-9,15H2/t11-,14+/m0/s1. The highest BCUT2D eigenvalue weighted by Crippen LogP contribution is 2.48. The Balaban J connectivity index is 2.11. The summed E-state index contributed by atoms with van der Waals surface area (Å²) in [4.78, 5) is 0. The van der Waals surface area contributed by atoms with E-state index in [0.717, 1.165) is 12.5 Å². The minimum atomic E-state index is 0.709. The normalized spacial score (nSPS) is 24.3. The Morgan fingerprint density at radius 3 is 2.67 bits per heavy atom. The molecule has 1 saturated carbocycles. The number of benzene rings is 2. The van der Waals surface area contributed by atoms with E-state index in [2.05, 4.69) is 42.5 Å². The SMILES string of the molecule is NC[C@@H]1C[C@H]1c1cccc2ccccc12. The number of hydrogen-bond donors (Lipinski definition) is 1. The van der Waals surface area contributed by atoms with Crippen LogP contribution in [0, 0.1) is 5.92 Å². The minimum Gasteiger partial charge on any atom is -0.330 e. The summed E-state index contributed by atoms with van der Waals surface area (Å²) in [5.74, 6) is 1.43. The van der Waals surface area contributed by atoms with Gasteiger partial charge in [0, 0.05) is 0 Å². The highest BCUT2D eigenvalue weighted by Gasteiger charge is 2.37. The van der Waals surface area contributed by atoms with E-state index in [-0.39, 0.29) is 0 Å². The van der Waals surface area contributed by atoms with Crippen molar-refractivity contribution in [2.24, 2.45) is 11.7 Å². The van der Waals surface area contributed by atoms with Crippen molar-refractivity contribution in [3.63, 3.8) is 0 Å². The molecule has 0 heterocycles. The van der Waals surface area contributed by atoms with Crippen LogP contribution in [0.2, 0.25) is 0 Å². The van der Waals surface area contributed by atoms with Crippen molar-refractivity contribution >= 4 is 10.8 Å². The molecule has 2 atom stereocenters. The molecule has 0 unspecified atom stereocenters. The van der Waals surface area contributed by atoms with Crippen LogP contribution in [0.4, 0.5) is 0 Å². The van der Waals surface area contributed by atoms with Gasteiger partial charge in [-0.3, -0.25) is 0 Å². The first-order valence-corrected chi connectivity index (χ1v) is 5.58. The molecule has 2 N–H and O–H groups in total. The molecule has 76 valence electrons. The Bertz CT molecular complexity index is 484. The predicted molar refractivity (Wildman–Crippen MR) is 63.9 cm³/mol. The van der Waals surface area contributed by atoms with Gasteiger partial charge in [0.1, 0.15) is 0 Å². The quantitative estimate of drug-likeness (QED) is 0.787. The number of rotatable bonds is 2. The zero-order valence-corrected chi connectivity index (χ0v) is 8.69. The van der Waals surface area contributed by atoms with Gasteiger partial charge in [-0.25, -0.2) is 0 Å². The van der Waals surface area contributed by atoms with Crippen molar-refractivity contribution in [2.75, 3.05) is 6.54 Å². The molecule has 3 rings (SSSR count). The molecule has 2 aromatic carbocycles. The average Bonchev–Trinajstić information content (AvgIpc) is 3.07. The highest BCUT2D eigenvalue weighted by atomic mass is 14.6. The Labute approximate surface area is 89.9 Å². The first-order valence-electron chi connectivity index (χ1n) is 5.58. The molecule has 2 aromatic rings. The summed E-state index contributed by atoms with van der Waals surface area (Å²) < 4.78 is 0. The number of fused-ring (bicyclic) bond motifs is 1. The molecule has 1 fully saturated rings. The molecule has 1 aliphatic rings. The topological polar surface area (TPSA) is 26.0 Å². The van der Waals surface area contributed by atoms with Gasteiger partial charge in [-0.15, -0.1) is 0 Å². The third-order valence-corrected chi connectivity index (χ3v) is 3.45. The van der Waals surface area contributed by atoms with Crippen LogP contribution in [0.25, 0.3) is 10.8 Å². The molecule has 1 nitrogen and oxygen atoms in total. The molecule has 1 heteroatoms. The van der Waals surface area contributed by atoms with Crippen LogP contribution in [0.5, 0.6) is 0 Å². The van der Waals surface area contributed by atoms with Gasteiger partial charge in [0.15, 0.2) is 0 Å². The molecule has 15 heavy (non-hydrogen) atoms. The minimum absolute atomic E-state index is 0.709. The maximum Gasteiger partial charge on any atom is -0.00428 e. The zero-order chi connectivity index (χ0) is 10.3. The molecule has 1 aliphatic carbocycles. The van der Waals surface area contributed by atoms with Crippen LogP contribution in [0.1, 0.15) is 17.9 Å². The van der Waals surface area contributed by atoms with Gasteiger partial charge < -0.3 is 5.73 Å². The van der Waals surface area contributed by atoms with Crippen molar-refractivity contribution in [3.05, 3.63) is 48.0 Å². The molecule has 0 amide bonds. The Morgan fingerprint density at radius 1 is 1.07 bits per heavy atom. The largest absolute Gasteiger partial charge is 0.330 e. The monoisotopic (exact) mass is 197 g/mol. The summed E-state index contributed by atoms with van der Waals surface area (Å²) in [6.07, 6.45) is 1.27. The molecule has 0 aromatic heterocycles. The summed E-state index contributed by atoms with van der Waals surface area (Å²) in [5.41, 5.74) is 7.20. The number of nitrogens with two attached hydrogens (primary N) is 1. The molecular formula is C14H15N.